The van der Waals surface area contributed by atoms with Gasteiger partial charge in [0.2, 0.25) is 0 Å². The van der Waals surface area contributed by atoms with Gasteiger partial charge >= 0.3 is 0 Å². The fourth-order valence-electron chi connectivity index (χ4n) is 2.89. The van der Waals surface area contributed by atoms with Gasteiger partial charge in [0, 0.05) is 18.2 Å². The predicted octanol–water partition coefficient (Wildman–Crippen LogP) is 3.20. The van der Waals surface area contributed by atoms with Crippen molar-refractivity contribution >= 4 is 5.91 Å². The number of amides is 1. The van der Waals surface area contributed by atoms with Crippen LogP contribution in [0.5, 0.6) is 11.5 Å². The second-order valence-corrected chi connectivity index (χ2v) is 5.32. The number of methoxy groups -OCH3 is 1. The lowest BCUT2D eigenvalue weighted by Gasteiger charge is -2.36. The molecule has 1 amide bonds. The first-order chi connectivity index (χ1) is 9.67. The van der Waals surface area contributed by atoms with Crippen LogP contribution in [0, 0.1) is 0 Å². The molecule has 20 heavy (non-hydrogen) atoms. The van der Waals surface area contributed by atoms with Gasteiger partial charge in [-0.05, 0) is 43.9 Å². The number of piperidine rings is 1. The van der Waals surface area contributed by atoms with Crippen LogP contribution >= 0.6 is 0 Å². The number of carbonyl (C=O) groups excluding carboxylic acids is 1. The minimum atomic E-state index is 0.0149. The topological polar surface area (TPSA) is 49.8 Å². The first-order valence-corrected chi connectivity index (χ1v) is 7.35. The van der Waals surface area contributed by atoms with E-state index in [2.05, 4.69) is 6.92 Å². The summed E-state index contributed by atoms with van der Waals surface area (Å²) in [5, 5.41) is 9.81. The molecule has 0 bridgehead atoms. The quantitative estimate of drug-likeness (QED) is 0.919. The highest BCUT2D eigenvalue weighted by Gasteiger charge is 2.27. The third kappa shape index (κ3) is 3.06. The minimum Gasteiger partial charge on any atom is -0.504 e. The Hall–Kier alpha value is -1.71. The zero-order valence-corrected chi connectivity index (χ0v) is 12.3. The van der Waals surface area contributed by atoms with E-state index in [9.17, 15) is 9.90 Å². The summed E-state index contributed by atoms with van der Waals surface area (Å²) in [6.07, 6.45) is 5.48. The molecule has 0 spiro atoms. The maximum Gasteiger partial charge on any atom is 0.254 e. The highest BCUT2D eigenvalue weighted by Crippen LogP contribution is 2.28. The Balaban J connectivity index is 2.18. The van der Waals surface area contributed by atoms with Crippen molar-refractivity contribution < 1.29 is 14.6 Å². The van der Waals surface area contributed by atoms with Crippen LogP contribution in [0.25, 0.3) is 0 Å². The van der Waals surface area contributed by atoms with Crippen molar-refractivity contribution in [3.63, 3.8) is 0 Å². The Morgan fingerprint density at radius 1 is 1.45 bits per heavy atom. The smallest absolute Gasteiger partial charge is 0.254 e. The van der Waals surface area contributed by atoms with Crippen molar-refractivity contribution in [1.82, 2.24) is 4.90 Å². The van der Waals surface area contributed by atoms with E-state index in [1.165, 1.54) is 19.6 Å². The van der Waals surface area contributed by atoms with Crippen LogP contribution in [0.4, 0.5) is 0 Å². The van der Waals surface area contributed by atoms with Crippen LogP contribution in [0.15, 0.2) is 18.2 Å². The zero-order chi connectivity index (χ0) is 14.5. The molecule has 1 aromatic carbocycles. The Morgan fingerprint density at radius 2 is 2.25 bits per heavy atom. The summed E-state index contributed by atoms with van der Waals surface area (Å²) >= 11 is 0. The van der Waals surface area contributed by atoms with E-state index in [0.29, 0.717) is 17.4 Å². The van der Waals surface area contributed by atoms with Gasteiger partial charge in [0.15, 0.2) is 11.5 Å². The predicted molar refractivity (Wildman–Crippen MR) is 78.2 cm³/mol. The summed E-state index contributed by atoms with van der Waals surface area (Å²) in [5.74, 6) is 0.425. The summed E-state index contributed by atoms with van der Waals surface area (Å²) < 4.78 is 5.01. The number of phenols is 1. The summed E-state index contributed by atoms with van der Waals surface area (Å²) in [4.78, 5) is 14.6. The molecule has 1 aliphatic heterocycles. The number of nitrogens with zero attached hydrogens (tertiary/aromatic N) is 1. The lowest BCUT2D eigenvalue weighted by atomic mass is 9.97. The lowest BCUT2D eigenvalue weighted by molar-refractivity contribution is 0.0600. The standard InChI is InChI=1S/C16H23NO3/c1-3-6-13-7-4-5-10-17(13)16(19)12-8-9-15(20-2)14(18)11-12/h8-9,11,13,18H,3-7,10H2,1-2H3. The van der Waals surface area contributed by atoms with Crippen molar-refractivity contribution in [2.75, 3.05) is 13.7 Å². The number of rotatable bonds is 4. The van der Waals surface area contributed by atoms with Gasteiger partial charge in [-0.3, -0.25) is 4.79 Å². The van der Waals surface area contributed by atoms with Crippen molar-refractivity contribution in [2.24, 2.45) is 0 Å². The fraction of sp³-hybridized carbons (Fsp3) is 0.562. The molecule has 4 heteroatoms. The third-order valence-corrected chi connectivity index (χ3v) is 3.94. The number of ether oxygens (including phenoxy) is 1. The van der Waals surface area contributed by atoms with Crippen LogP contribution in [0.1, 0.15) is 49.4 Å². The van der Waals surface area contributed by atoms with Gasteiger partial charge in [-0.15, -0.1) is 0 Å². The summed E-state index contributed by atoms with van der Waals surface area (Å²) in [5.41, 5.74) is 0.534. The first-order valence-electron chi connectivity index (χ1n) is 7.35. The molecule has 0 aliphatic carbocycles. The molecule has 110 valence electrons. The fourth-order valence-corrected chi connectivity index (χ4v) is 2.89. The average molecular weight is 277 g/mol. The van der Waals surface area contributed by atoms with Crippen LogP contribution in [0.2, 0.25) is 0 Å². The van der Waals surface area contributed by atoms with Crippen LogP contribution in [-0.2, 0) is 0 Å². The number of hydrogen-bond donors (Lipinski definition) is 1. The number of aromatic hydroxyl groups is 1. The van der Waals surface area contributed by atoms with E-state index in [4.69, 9.17) is 4.74 Å². The molecule has 1 unspecified atom stereocenters. The van der Waals surface area contributed by atoms with Crippen molar-refractivity contribution in [1.29, 1.82) is 0 Å². The van der Waals surface area contributed by atoms with Gasteiger partial charge in [0.05, 0.1) is 7.11 Å². The van der Waals surface area contributed by atoms with Crippen LogP contribution < -0.4 is 4.74 Å². The molecule has 1 atom stereocenters. The molecular formula is C16H23NO3. The molecular weight excluding hydrogens is 254 g/mol. The largest absolute Gasteiger partial charge is 0.504 e. The second kappa shape index (κ2) is 6.64. The molecule has 1 heterocycles. The molecule has 0 aromatic heterocycles. The van der Waals surface area contributed by atoms with Gasteiger partial charge < -0.3 is 14.7 Å². The van der Waals surface area contributed by atoms with Gasteiger partial charge in [-0.1, -0.05) is 13.3 Å². The minimum absolute atomic E-state index is 0.0149. The maximum absolute atomic E-state index is 12.6. The summed E-state index contributed by atoms with van der Waals surface area (Å²) in [6.45, 7) is 2.97. The Bertz CT molecular complexity index is 471. The normalized spacial score (nSPS) is 18.9. The van der Waals surface area contributed by atoms with E-state index >= 15 is 0 Å². The van der Waals surface area contributed by atoms with Crippen molar-refractivity contribution in [3.8, 4) is 11.5 Å². The monoisotopic (exact) mass is 277 g/mol. The number of phenolic OH excluding ortho intramolecular Hbond substituents is 1. The lowest BCUT2D eigenvalue weighted by Crippen LogP contribution is -2.43. The van der Waals surface area contributed by atoms with E-state index in [-0.39, 0.29) is 11.7 Å². The van der Waals surface area contributed by atoms with Gasteiger partial charge in [-0.25, -0.2) is 0 Å². The van der Waals surface area contributed by atoms with Crippen LogP contribution in [0.3, 0.4) is 0 Å². The SMILES string of the molecule is CCCC1CCCCN1C(=O)c1ccc(OC)c(O)c1. The maximum atomic E-state index is 12.6. The molecule has 1 N–H and O–H groups in total. The molecule has 1 fully saturated rings. The second-order valence-electron chi connectivity index (χ2n) is 5.32. The van der Waals surface area contributed by atoms with Gasteiger partial charge in [-0.2, -0.15) is 0 Å². The van der Waals surface area contributed by atoms with E-state index in [1.807, 2.05) is 4.90 Å². The molecule has 0 radical (unpaired) electrons. The molecule has 1 aromatic rings. The van der Waals surface area contributed by atoms with Gasteiger partial charge in [0.1, 0.15) is 0 Å². The van der Waals surface area contributed by atoms with E-state index in [1.54, 1.807) is 12.1 Å². The highest BCUT2D eigenvalue weighted by atomic mass is 16.5. The zero-order valence-electron chi connectivity index (χ0n) is 12.3. The van der Waals surface area contributed by atoms with E-state index in [0.717, 1.165) is 32.2 Å². The summed E-state index contributed by atoms with van der Waals surface area (Å²) in [7, 11) is 1.50. The molecule has 1 saturated heterocycles. The number of hydrogen-bond acceptors (Lipinski definition) is 3. The molecule has 1 aliphatic rings. The third-order valence-electron chi connectivity index (χ3n) is 3.94. The van der Waals surface area contributed by atoms with Crippen LogP contribution in [-0.4, -0.2) is 35.6 Å². The first kappa shape index (κ1) is 14.7. The number of likely N-dealkylation sites (tertiary alicyclic amines) is 1. The Labute approximate surface area is 120 Å². The molecule has 4 nitrogen and oxygen atoms in total. The number of benzene rings is 1. The van der Waals surface area contributed by atoms with E-state index < -0.39 is 0 Å². The highest BCUT2D eigenvalue weighted by molar-refractivity contribution is 5.95. The summed E-state index contributed by atoms with van der Waals surface area (Å²) in [6, 6.07) is 5.20. The Kier molecular flexibility index (Phi) is 4.88. The molecule has 2 rings (SSSR count). The number of carbonyl (C=O) groups is 1. The van der Waals surface area contributed by atoms with Crippen molar-refractivity contribution in [3.05, 3.63) is 23.8 Å². The van der Waals surface area contributed by atoms with Crippen molar-refractivity contribution in [2.45, 2.75) is 45.1 Å². The Morgan fingerprint density at radius 3 is 2.90 bits per heavy atom. The van der Waals surface area contributed by atoms with Gasteiger partial charge in [0.25, 0.3) is 5.91 Å². The molecule has 0 saturated carbocycles. The average Bonchev–Trinajstić information content (AvgIpc) is 2.47.